The highest BCUT2D eigenvalue weighted by Gasteiger charge is 2.29. The van der Waals surface area contributed by atoms with Crippen molar-refractivity contribution in [2.24, 2.45) is 0 Å². The summed E-state index contributed by atoms with van der Waals surface area (Å²) in [5.74, 6) is 0.992. The predicted molar refractivity (Wildman–Crippen MR) is 83.8 cm³/mol. The minimum Gasteiger partial charge on any atom is -0.258 e. The predicted octanol–water partition coefficient (Wildman–Crippen LogP) is 4.19. The van der Waals surface area contributed by atoms with E-state index in [1.54, 1.807) is 12.1 Å². The number of rotatable bonds is 3. The molecule has 1 heterocycles. The zero-order chi connectivity index (χ0) is 14.3. The third-order valence-electron chi connectivity index (χ3n) is 3.14. The van der Waals surface area contributed by atoms with E-state index in [1.165, 1.54) is 12.1 Å². The van der Waals surface area contributed by atoms with Crippen LogP contribution in [0.3, 0.4) is 0 Å². The molecule has 1 aliphatic rings. The number of benzene rings is 1. The van der Waals surface area contributed by atoms with Crippen LogP contribution in [0.2, 0.25) is 5.15 Å². The topological polar surface area (TPSA) is 68.9 Å². The molecule has 0 radical (unpaired) electrons. The van der Waals surface area contributed by atoms with E-state index in [2.05, 4.69) is 32.6 Å². The van der Waals surface area contributed by atoms with Crippen LogP contribution in [0, 0.1) is 13.7 Å². The quantitative estimate of drug-likeness (QED) is 0.335. The number of hydrogen-bond donors (Lipinski definition) is 0. The van der Waals surface area contributed by atoms with Crippen molar-refractivity contribution < 1.29 is 4.92 Å². The molecule has 0 N–H and O–H groups in total. The first kappa shape index (κ1) is 13.7. The zero-order valence-electron chi connectivity index (χ0n) is 10.2. The van der Waals surface area contributed by atoms with Crippen LogP contribution in [0.25, 0.3) is 11.4 Å². The first-order chi connectivity index (χ1) is 9.56. The van der Waals surface area contributed by atoms with Gasteiger partial charge in [-0.15, -0.1) is 0 Å². The Bertz CT molecular complexity index is 687. The van der Waals surface area contributed by atoms with Gasteiger partial charge in [-0.25, -0.2) is 9.97 Å². The molecule has 0 unspecified atom stereocenters. The Hall–Kier alpha value is -1.28. The van der Waals surface area contributed by atoms with Crippen LogP contribution in [0.1, 0.15) is 24.5 Å². The van der Waals surface area contributed by atoms with E-state index in [1.807, 2.05) is 0 Å². The lowest BCUT2D eigenvalue weighted by Gasteiger charge is -2.07. The fourth-order valence-corrected chi connectivity index (χ4v) is 2.78. The molecule has 0 aliphatic heterocycles. The Labute approximate surface area is 133 Å². The summed E-state index contributed by atoms with van der Waals surface area (Å²) in [6.07, 6.45) is 2.26. The number of hydrogen-bond acceptors (Lipinski definition) is 4. The number of aromatic nitrogens is 2. The summed E-state index contributed by atoms with van der Waals surface area (Å²) in [5, 5.41) is 11.1. The van der Waals surface area contributed by atoms with Crippen LogP contribution in [0.5, 0.6) is 0 Å². The molecule has 1 fully saturated rings. The molecule has 1 saturated carbocycles. The molecule has 3 rings (SSSR count). The van der Waals surface area contributed by atoms with Gasteiger partial charge in [-0.2, -0.15) is 0 Å². The molecule has 2 aromatic rings. The molecule has 0 spiro atoms. The van der Waals surface area contributed by atoms with Crippen molar-refractivity contribution in [2.75, 3.05) is 0 Å². The van der Waals surface area contributed by atoms with Gasteiger partial charge in [0.05, 0.1) is 14.2 Å². The smallest absolute Gasteiger partial charge is 0.258 e. The number of nitro benzene ring substituents is 1. The molecule has 0 saturated heterocycles. The van der Waals surface area contributed by atoms with Gasteiger partial charge in [0.25, 0.3) is 5.69 Å². The van der Waals surface area contributed by atoms with Gasteiger partial charge in [0.1, 0.15) is 5.15 Å². The fourth-order valence-electron chi connectivity index (χ4n) is 1.92. The van der Waals surface area contributed by atoms with Crippen molar-refractivity contribution >= 4 is 39.9 Å². The summed E-state index contributed by atoms with van der Waals surface area (Å²) >= 11 is 8.32. The van der Waals surface area contributed by atoms with Gasteiger partial charge in [0.2, 0.25) is 0 Å². The third kappa shape index (κ3) is 2.62. The van der Waals surface area contributed by atoms with Gasteiger partial charge in [-0.05, 0) is 47.6 Å². The van der Waals surface area contributed by atoms with Crippen molar-refractivity contribution in [1.82, 2.24) is 9.97 Å². The van der Waals surface area contributed by atoms with E-state index in [4.69, 9.17) is 11.6 Å². The maximum atomic E-state index is 10.7. The van der Waals surface area contributed by atoms with Crippen molar-refractivity contribution in [3.8, 4) is 11.4 Å². The second-order valence-electron chi connectivity index (χ2n) is 4.62. The van der Waals surface area contributed by atoms with Crippen molar-refractivity contribution in [1.29, 1.82) is 0 Å². The highest BCUT2D eigenvalue weighted by atomic mass is 127. The number of nitro groups is 1. The highest BCUT2D eigenvalue weighted by molar-refractivity contribution is 14.1. The molecule has 5 nitrogen and oxygen atoms in total. The maximum absolute atomic E-state index is 10.7. The van der Waals surface area contributed by atoms with E-state index in [9.17, 15) is 10.1 Å². The van der Waals surface area contributed by atoms with Crippen LogP contribution >= 0.6 is 34.2 Å². The van der Waals surface area contributed by atoms with Crippen molar-refractivity contribution in [2.45, 2.75) is 18.8 Å². The molecule has 102 valence electrons. The summed E-state index contributed by atoms with van der Waals surface area (Å²) in [6, 6.07) is 6.18. The Morgan fingerprint density at radius 2 is 1.90 bits per heavy atom. The van der Waals surface area contributed by atoms with Crippen LogP contribution in [-0.4, -0.2) is 14.9 Å². The summed E-state index contributed by atoms with van der Waals surface area (Å²) in [4.78, 5) is 19.1. The lowest BCUT2D eigenvalue weighted by molar-refractivity contribution is -0.384. The van der Waals surface area contributed by atoms with Crippen LogP contribution in [-0.2, 0) is 0 Å². The number of non-ortho nitro benzene ring substituents is 1. The number of halogens is 2. The van der Waals surface area contributed by atoms with Crippen molar-refractivity contribution in [3.05, 3.63) is 48.8 Å². The summed E-state index contributed by atoms with van der Waals surface area (Å²) in [7, 11) is 0. The zero-order valence-corrected chi connectivity index (χ0v) is 13.1. The van der Waals surface area contributed by atoms with Crippen molar-refractivity contribution in [3.63, 3.8) is 0 Å². The molecule has 1 aliphatic carbocycles. The van der Waals surface area contributed by atoms with E-state index in [0.29, 0.717) is 16.9 Å². The average molecular weight is 402 g/mol. The Morgan fingerprint density at radius 3 is 2.45 bits per heavy atom. The SMILES string of the molecule is O=[N+]([O-])c1ccc(-c2nc(Cl)c(I)c(C3CC3)n2)cc1. The number of nitrogens with zero attached hydrogens (tertiary/aromatic N) is 3. The van der Waals surface area contributed by atoms with Gasteiger partial charge in [0.15, 0.2) is 5.82 Å². The second-order valence-corrected chi connectivity index (χ2v) is 6.05. The largest absolute Gasteiger partial charge is 0.269 e. The van der Waals surface area contributed by atoms with Gasteiger partial charge < -0.3 is 0 Å². The molecule has 1 aromatic carbocycles. The summed E-state index contributed by atoms with van der Waals surface area (Å²) in [6.45, 7) is 0. The Kier molecular flexibility index (Phi) is 3.59. The average Bonchev–Trinajstić information content (AvgIpc) is 3.26. The first-order valence-electron chi connectivity index (χ1n) is 6.04. The Morgan fingerprint density at radius 1 is 1.25 bits per heavy atom. The van der Waals surface area contributed by atoms with E-state index < -0.39 is 4.92 Å². The summed E-state index contributed by atoms with van der Waals surface area (Å²) < 4.78 is 0.900. The normalized spacial score (nSPS) is 14.3. The minimum atomic E-state index is -0.429. The van der Waals surface area contributed by atoms with E-state index >= 15 is 0 Å². The molecular formula is C13H9ClIN3O2. The Balaban J connectivity index is 2.03. The summed E-state index contributed by atoms with van der Waals surface area (Å²) in [5.41, 5.74) is 1.77. The van der Waals surface area contributed by atoms with Crippen LogP contribution < -0.4 is 0 Å². The molecule has 7 heteroatoms. The lowest BCUT2D eigenvalue weighted by Crippen LogP contribution is -1.99. The molecule has 0 amide bonds. The third-order valence-corrected chi connectivity index (χ3v) is 4.79. The highest BCUT2D eigenvalue weighted by Crippen LogP contribution is 2.42. The standard InChI is InChI=1S/C13H9ClIN3O2/c14-12-10(15)11(7-1-2-7)16-13(17-12)8-3-5-9(6-4-8)18(19)20/h3-7H,1-2H2. The van der Waals surface area contributed by atoms with Gasteiger partial charge in [-0.3, -0.25) is 10.1 Å². The molecule has 0 bridgehead atoms. The lowest BCUT2D eigenvalue weighted by atomic mass is 10.2. The molecular weight excluding hydrogens is 393 g/mol. The minimum absolute atomic E-state index is 0.0489. The van der Waals surface area contributed by atoms with Gasteiger partial charge >= 0.3 is 0 Å². The molecule has 0 atom stereocenters. The monoisotopic (exact) mass is 401 g/mol. The van der Waals surface area contributed by atoms with Gasteiger partial charge in [0, 0.05) is 23.6 Å². The first-order valence-corrected chi connectivity index (χ1v) is 7.49. The second kappa shape index (κ2) is 5.25. The van der Waals surface area contributed by atoms with E-state index in [0.717, 1.165) is 27.7 Å². The molecule has 1 aromatic heterocycles. The molecule has 20 heavy (non-hydrogen) atoms. The van der Waals surface area contributed by atoms with Gasteiger partial charge in [-0.1, -0.05) is 11.6 Å². The maximum Gasteiger partial charge on any atom is 0.269 e. The van der Waals surface area contributed by atoms with Crippen LogP contribution in [0.4, 0.5) is 5.69 Å². The van der Waals surface area contributed by atoms with E-state index in [-0.39, 0.29) is 5.69 Å². The van der Waals surface area contributed by atoms with Crippen LogP contribution in [0.15, 0.2) is 24.3 Å². The fraction of sp³-hybridized carbons (Fsp3) is 0.231.